The second kappa shape index (κ2) is 8.92. The highest BCUT2D eigenvalue weighted by molar-refractivity contribution is 6.30. The van der Waals surface area contributed by atoms with Crippen LogP contribution in [0.5, 0.6) is 0 Å². The van der Waals surface area contributed by atoms with Crippen molar-refractivity contribution in [2.45, 2.75) is 52.0 Å². The van der Waals surface area contributed by atoms with Crippen molar-refractivity contribution in [3.8, 4) is 0 Å². The molecule has 1 aromatic carbocycles. The molecule has 0 atom stereocenters. The van der Waals surface area contributed by atoms with Crippen LogP contribution in [-0.4, -0.2) is 31.1 Å². The summed E-state index contributed by atoms with van der Waals surface area (Å²) in [4.78, 5) is 25.6. The summed E-state index contributed by atoms with van der Waals surface area (Å²) in [6, 6.07) is 5.56. The molecule has 0 bridgehead atoms. The van der Waals surface area contributed by atoms with Crippen LogP contribution in [0.25, 0.3) is 0 Å². The van der Waals surface area contributed by atoms with E-state index in [0.717, 1.165) is 24.1 Å². The van der Waals surface area contributed by atoms with Crippen LogP contribution in [0.4, 0.5) is 10.5 Å². The highest BCUT2D eigenvalue weighted by Crippen LogP contribution is 2.23. The number of amides is 3. The maximum Gasteiger partial charge on any atom is 0.315 e. The van der Waals surface area contributed by atoms with E-state index in [4.69, 9.17) is 11.6 Å². The fraction of sp³-hybridized carbons (Fsp3) is 0.556. The summed E-state index contributed by atoms with van der Waals surface area (Å²) in [5, 5.41) is 6.50. The third kappa shape index (κ3) is 5.41. The average Bonchev–Trinajstić information content (AvgIpc) is 2.53. The predicted octanol–water partition coefficient (Wildman–Crippen LogP) is 3.63. The number of carbonyl (C=O) groups excluding carboxylic acids is 2. The SMILES string of the molecule is CC(=O)N(CCNC(=O)NC1CCCCC1)c1ccc(Cl)cc1C. The van der Waals surface area contributed by atoms with E-state index in [1.165, 1.54) is 26.2 Å². The van der Waals surface area contributed by atoms with Crippen LogP contribution in [0.2, 0.25) is 5.02 Å². The van der Waals surface area contributed by atoms with Gasteiger partial charge in [-0.3, -0.25) is 4.79 Å². The van der Waals surface area contributed by atoms with E-state index in [-0.39, 0.29) is 18.0 Å². The maximum absolute atomic E-state index is 12.0. The first-order valence-electron chi connectivity index (χ1n) is 8.56. The Bertz CT molecular complexity index is 586. The molecule has 1 aliphatic rings. The van der Waals surface area contributed by atoms with Gasteiger partial charge in [0.25, 0.3) is 0 Å². The molecule has 0 saturated heterocycles. The molecule has 3 amide bonds. The van der Waals surface area contributed by atoms with Gasteiger partial charge in [-0.15, -0.1) is 0 Å². The van der Waals surface area contributed by atoms with Gasteiger partial charge in [0.2, 0.25) is 5.91 Å². The van der Waals surface area contributed by atoms with Gasteiger partial charge < -0.3 is 15.5 Å². The Balaban J connectivity index is 1.85. The van der Waals surface area contributed by atoms with E-state index in [1.54, 1.807) is 11.0 Å². The molecule has 0 spiro atoms. The Kier molecular flexibility index (Phi) is 6.91. The van der Waals surface area contributed by atoms with Crippen LogP contribution in [0.3, 0.4) is 0 Å². The molecule has 24 heavy (non-hydrogen) atoms. The van der Waals surface area contributed by atoms with Crippen molar-refractivity contribution >= 4 is 29.2 Å². The van der Waals surface area contributed by atoms with Crippen LogP contribution in [0.1, 0.15) is 44.6 Å². The lowest BCUT2D eigenvalue weighted by Gasteiger charge is -2.25. The second-order valence-electron chi connectivity index (χ2n) is 6.34. The van der Waals surface area contributed by atoms with Gasteiger partial charge in [-0.2, -0.15) is 0 Å². The molecule has 1 fully saturated rings. The molecule has 0 aromatic heterocycles. The van der Waals surface area contributed by atoms with Crippen LogP contribution >= 0.6 is 11.6 Å². The smallest absolute Gasteiger partial charge is 0.315 e. The van der Waals surface area contributed by atoms with Gasteiger partial charge in [-0.25, -0.2) is 4.79 Å². The molecule has 1 aromatic rings. The third-order valence-corrected chi connectivity index (χ3v) is 4.63. The summed E-state index contributed by atoms with van der Waals surface area (Å²) in [6.07, 6.45) is 5.72. The van der Waals surface area contributed by atoms with Crippen LogP contribution in [-0.2, 0) is 4.79 Å². The highest BCUT2D eigenvalue weighted by Gasteiger charge is 2.17. The standard InChI is InChI=1S/C18H26ClN3O2/c1-13-12-15(19)8-9-17(13)22(14(2)23)11-10-20-18(24)21-16-6-4-3-5-7-16/h8-9,12,16H,3-7,10-11H2,1-2H3,(H2,20,21,24). The number of rotatable bonds is 5. The van der Waals surface area contributed by atoms with Crippen molar-refractivity contribution in [3.05, 3.63) is 28.8 Å². The number of carbonyl (C=O) groups is 2. The van der Waals surface area contributed by atoms with Gasteiger partial charge in [-0.1, -0.05) is 30.9 Å². The topological polar surface area (TPSA) is 61.4 Å². The van der Waals surface area contributed by atoms with Gasteiger partial charge in [0, 0.05) is 36.8 Å². The zero-order valence-corrected chi connectivity index (χ0v) is 15.2. The summed E-state index contributed by atoms with van der Waals surface area (Å²) in [5.74, 6) is -0.0603. The number of urea groups is 1. The lowest BCUT2D eigenvalue weighted by Crippen LogP contribution is -2.45. The second-order valence-corrected chi connectivity index (χ2v) is 6.77. The van der Waals surface area contributed by atoms with Gasteiger partial charge in [0.1, 0.15) is 0 Å². The number of anilines is 1. The molecular weight excluding hydrogens is 326 g/mol. The van der Waals surface area contributed by atoms with E-state index in [0.29, 0.717) is 18.1 Å². The van der Waals surface area contributed by atoms with Crippen LogP contribution in [0, 0.1) is 6.92 Å². The molecule has 6 heteroatoms. The number of benzene rings is 1. The Morgan fingerprint density at radius 2 is 1.96 bits per heavy atom. The molecule has 2 N–H and O–H groups in total. The largest absolute Gasteiger partial charge is 0.336 e. The van der Waals surface area contributed by atoms with E-state index < -0.39 is 0 Å². The maximum atomic E-state index is 12.0. The highest BCUT2D eigenvalue weighted by atomic mass is 35.5. The molecular formula is C18H26ClN3O2. The fourth-order valence-corrected chi connectivity index (χ4v) is 3.36. The molecule has 132 valence electrons. The molecule has 5 nitrogen and oxygen atoms in total. The number of halogens is 1. The summed E-state index contributed by atoms with van der Waals surface area (Å²) in [6.45, 7) is 4.27. The molecule has 1 aliphatic carbocycles. The van der Waals surface area contributed by atoms with E-state index in [1.807, 2.05) is 19.1 Å². The minimum Gasteiger partial charge on any atom is -0.336 e. The summed E-state index contributed by atoms with van der Waals surface area (Å²) >= 11 is 5.97. The first-order chi connectivity index (χ1) is 11.5. The summed E-state index contributed by atoms with van der Waals surface area (Å²) < 4.78 is 0. The molecule has 0 radical (unpaired) electrons. The average molecular weight is 352 g/mol. The fourth-order valence-electron chi connectivity index (χ4n) is 3.13. The normalized spacial score (nSPS) is 15.0. The first kappa shape index (κ1) is 18.6. The molecule has 1 saturated carbocycles. The van der Waals surface area contributed by atoms with Crippen molar-refractivity contribution in [1.82, 2.24) is 10.6 Å². The number of hydrogen-bond donors (Lipinski definition) is 2. The molecule has 0 unspecified atom stereocenters. The summed E-state index contributed by atoms with van der Waals surface area (Å²) in [5.41, 5.74) is 1.76. The minimum atomic E-state index is -0.154. The Hall–Kier alpha value is -1.75. The predicted molar refractivity (Wildman–Crippen MR) is 97.6 cm³/mol. The van der Waals surface area contributed by atoms with Crippen molar-refractivity contribution in [1.29, 1.82) is 0 Å². The zero-order valence-electron chi connectivity index (χ0n) is 14.4. The van der Waals surface area contributed by atoms with E-state index >= 15 is 0 Å². The van der Waals surface area contributed by atoms with Gasteiger partial charge in [0.15, 0.2) is 0 Å². The zero-order chi connectivity index (χ0) is 17.5. The number of hydrogen-bond acceptors (Lipinski definition) is 2. The Morgan fingerprint density at radius 3 is 2.58 bits per heavy atom. The van der Waals surface area contributed by atoms with Gasteiger partial charge in [-0.05, 0) is 43.5 Å². The third-order valence-electron chi connectivity index (χ3n) is 4.39. The lowest BCUT2D eigenvalue weighted by molar-refractivity contribution is -0.116. The van der Waals surface area contributed by atoms with Crippen LogP contribution in [0.15, 0.2) is 18.2 Å². The number of nitrogens with zero attached hydrogens (tertiary/aromatic N) is 1. The van der Waals surface area contributed by atoms with E-state index in [2.05, 4.69) is 10.6 Å². The van der Waals surface area contributed by atoms with Crippen molar-refractivity contribution in [2.75, 3.05) is 18.0 Å². The van der Waals surface area contributed by atoms with Gasteiger partial charge >= 0.3 is 6.03 Å². The van der Waals surface area contributed by atoms with E-state index in [9.17, 15) is 9.59 Å². The Morgan fingerprint density at radius 1 is 1.25 bits per heavy atom. The van der Waals surface area contributed by atoms with Gasteiger partial charge in [0.05, 0.1) is 0 Å². The quantitative estimate of drug-likeness (QED) is 0.850. The summed E-state index contributed by atoms with van der Waals surface area (Å²) in [7, 11) is 0. The number of aryl methyl sites for hydroxylation is 1. The molecule has 2 rings (SSSR count). The lowest BCUT2D eigenvalue weighted by atomic mass is 9.96. The monoisotopic (exact) mass is 351 g/mol. The minimum absolute atomic E-state index is 0.0603. The molecule has 0 aliphatic heterocycles. The van der Waals surface area contributed by atoms with Crippen molar-refractivity contribution < 1.29 is 9.59 Å². The van der Waals surface area contributed by atoms with Crippen molar-refractivity contribution in [3.63, 3.8) is 0 Å². The number of nitrogens with one attached hydrogen (secondary N) is 2. The Labute approximate surface area is 148 Å². The van der Waals surface area contributed by atoms with Crippen LogP contribution < -0.4 is 15.5 Å². The molecule has 0 heterocycles. The first-order valence-corrected chi connectivity index (χ1v) is 8.94. The van der Waals surface area contributed by atoms with Crippen molar-refractivity contribution in [2.24, 2.45) is 0 Å².